The van der Waals surface area contributed by atoms with E-state index in [9.17, 15) is 4.79 Å². The lowest BCUT2D eigenvalue weighted by Gasteiger charge is -2.24. The smallest absolute Gasteiger partial charge is 0.230 e. The average Bonchev–Trinajstić information content (AvgIpc) is 2.43. The number of rotatable bonds is 8. The Kier molecular flexibility index (Phi) is 9.26. The average molecular weight is 315 g/mol. The number of carbonyl (C=O) groups excluding carboxylic acids is 1. The number of halogens is 1. The number of carbonyl (C=O) groups is 1. The zero-order chi connectivity index (χ0) is 15.0. The van der Waals surface area contributed by atoms with Gasteiger partial charge in [0.15, 0.2) is 0 Å². The summed E-state index contributed by atoms with van der Waals surface area (Å²) in [5, 5.41) is 6.17. The number of nitrogens with one attached hydrogen (secondary N) is 2. The highest BCUT2D eigenvalue weighted by Crippen LogP contribution is 2.23. The van der Waals surface area contributed by atoms with Crippen LogP contribution in [-0.4, -0.2) is 39.3 Å². The Bertz CT molecular complexity index is 419. The maximum atomic E-state index is 12.3. The maximum absolute atomic E-state index is 12.3. The van der Waals surface area contributed by atoms with Crippen molar-refractivity contribution < 1.29 is 9.53 Å². The minimum Gasteiger partial charge on any atom is -0.383 e. The Labute approximate surface area is 134 Å². The van der Waals surface area contributed by atoms with Gasteiger partial charge >= 0.3 is 0 Å². The molecule has 1 amide bonds. The van der Waals surface area contributed by atoms with Crippen LogP contribution < -0.4 is 10.6 Å². The largest absolute Gasteiger partial charge is 0.383 e. The molecule has 0 atom stereocenters. The molecule has 0 aliphatic heterocycles. The molecule has 5 heteroatoms. The molecule has 1 rings (SSSR count). The highest BCUT2D eigenvalue weighted by molar-refractivity contribution is 5.87. The van der Waals surface area contributed by atoms with E-state index in [1.807, 2.05) is 45.0 Å². The minimum absolute atomic E-state index is 0. The molecule has 0 bridgehead atoms. The summed E-state index contributed by atoms with van der Waals surface area (Å²) in [7, 11) is 1.67. The van der Waals surface area contributed by atoms with Gasteiger partial charge in [-0.05, 0) is 26.3 Å². The molecule has 0 saturated carbocycles. The molecule has 0 aromatic heterocycles. The first-order valence-electron chi connectivity index (χ1n) is 7.03. The third-order valence-electron chi connectivity index (χ3n) is 3.41. The fourth-order valence-electron chi connectivity index (χ4n) is 1.89. The molecule has 1 aromatic carbocycles. The van der Waals surface area contributed by atoms with E-state index in [0.717, 1.165) is 18.7 Å². The van der Waals surface area contributed by atoms with Crippen LogP contribution >= 0.6 is 12.4 Å². The maximum Gasteiger partial charge on any atom is 0.230 e. The van der Waals surface area contributed by atoms with E-state index in [1.54, 1.807) is 7.11 Å². The molecule has 0 spiro atoms. The number of amides is 1. The van der Waals surface area contributed by atoms with Gasteiger partial charge in [0.1, 0.15) is 0 Å². The molecule has 0 radical (unpaired) electrons. The van der Waals surface area contributed by atoms with Crippen molar-refractivity contribution in [3.05, 3.63) is 35.4 Å². The van der Waals surface area contributed by atoms with Crippen molar-refractivity contribution in [3.63, 3.8) is 0 Å². The molecule has 0 aliphatic carbocycles. The first kappa shape index (κ1) is 19.9. The third kappa shape index (κ3) is 6.46. The van der Waals surface area contributed by atoms with Crippen molar-refractivity contribution in [3.8, 4) is 0 Å². The van der Waals surface area contributed by atoms with Crippen molar-refractivity contribution in [2.75, 3.05) is 33.4 Å². The zero-order valence-electron chi connectivity index (χ0n) is 13.4. The molecule has 4 nitrogen and oxygen atoms in total. The lowest BCUT2D eigenvalue weighted by molar-refractivity contribution is -0.125. The molecule has 0 saturated heterocycles. The van der Waals surface area contributed by atoms with E-state index in [4.69, 9.17) is 4.74 Å². The Hall–Kier alpha value is -1.10. The molecule has 21 heavy (non-hydrogen) atoms. The summed E-state index contributed by atoms with van der Waals surface area (Å²) < 4.78 is 4.94. The number of hydrogen-bond donors (Lipinski definition) is 2. The third-order valence-corrected chi connectivity index (χ3v) is 3.41. The number of ether oxygens (including phenoxy) is 1. The minimum atomic E-state index is -0.514. The number of aryl methyl sites for hydroxylation is 1. The van der Waals surface area contributed by atoms with Crippen LogP contribution in [-0.2, 0) is 14.9 Å². The van der Waals surface area contributed by atoms with Gasteiger partial charge in [0.25, 0.3) is 0 Å². The van der Waals surface area contributed by atoms with E-state index in [-0.39, 0.29) is 18.3 Å². The Morgan fingerprint density at radius 2 is 1.76 bits per heavy atom. The summed E-state index contributed by atoms with van der Waals surface area (Å²) in [4.78, 5) is 12.3. The van der Waals surface area contributed by atoms with Crippen LogP contribution in [0.4, 0.5) is 0 Å². The van der Waals surface area contributed by atoms with Crippen LogP contribution in [0.3, 0.4) is 0 Å². The fourth-order valence-corrected chi connectivity index (χ4v) is 1.89. The summed E-state index contributed by atoms with van der Waals surface area (Å²) in [5.41, 5.74) is 1.72. The molecular weight excluding hydrogens is 288 g/mol. The summed E-state index contributed by atoms with van der Waals surface area (Å²) in [5.74, 6) is 0.0508. The van der Waals surface area contributed by atoms with Crippen molar-refractivity contribution >= 4 is 18.3 Å². The zero-order valence-corrected chi connectivity index (χ0v) is 14.2. The van der Waals surface area contributed by atoms with Gasteiger partial charge in [0, 0.05) is 26.7 Å². The second-order valence-corrected chi connectivity index (χ2v) is 5.49. The molecular formula is C16H27ClN2O2. The number of benzene rings is 1. The van der Waals surface area contributed by atoms with Gasteiger partial charge in [-0.25, -0.2) is 0 Å². The van der Waals surface area contributed by atoms with Gasteiger partial charge in [-0.15, -0.1) is 12.4 Å². The van der Waals surface area contributed by atoms with E-state index in [1.165, 1.54) is 5.56 Å². The molecule has 0 unspecified atom stereocenters. The van der Waals surface area contributed by atoms with Gasteiger partial charge < -0.3 is 15.4 Å². The molecule has 0 fully saturated rings. The molecule has 2 N–H and O–H groups in total. The molecule has 0 aliphatic rings. The molecule has 1 aromatic rings. The Morgan fingerprint density at radius 1 is 1.14 bits per heavy atom. The second kappa shape index (κ2) is 9.77. The number of methoxy groups -OCH3 is 1. The topological polar surface area (TPSA) is 50.4 Å². The van der Waals surface area contributed by atoms with Crippen LogP contribution in [0.15, 0.2) is 24.3 Å². The standard InChI is InChI=1S/C16H26N2O2.ClH/c1-13-5-7-14(8-6-13)16(2,3)15(19)18-10-9-17-11-12-20-4;/h5-8,17H,9-12H2,1-4H3,(H,18,19);1H. The Morgan fingerprint density at radius 3 is 2.33 bits per heavy atom. The molecule has 0 heterocycles. The van der Waals surface area contributed by atoms with Crippen LogP contribution in [0, 0.1) is 6.92 Å². The summed E-state index contributed by atoms with van der Waals surface area (Å²) >= 11 is 0. The van der Waals surface area contributed by atoms with E-state index >= 15 is 0 Å². The van der Waals surface area contributed by atoms with Gasteiger partial charge in [-0.2, -0.15) is 0 Å². The first-order chi connectivity index (χ1) is 9.48. The van der Waals surface area contributed by atoms with Crippen molar-refractivity contribution in [1.29, 1.82) is 0 Å². The van der Waals surface area contributed by atoms with Crippen LogP contribution in [0.25, 0.3) is 0 Å². The second-order valence-electron chi connectivity index (χ2n) is 5.49. The van der Waals surface area contributed by atoms with E-state index in [2.05, 4.69) is 10.6 Å². The highest BCUT2D eigenvalue weighted by Gasteiger charge is 2.29. The van der Waals surface area contributed by atoms with Gasteiger partial charge in [0.2, 0.25) is 5.91 Å². The van der Waals surface area contributed by atoms with Gasteiger partial charge in [-0.1, -0.05) is 29.8 Å². The molecule has 120 valence electrons. The monoisotopic (exact) mass is 314 g/mol. The normalized spacial score (nSPS) is 10.9. The van der Waals surface area contributed by atoms with Crippen LogP contribution in [0.5, 0.6) is 0 Å². The van der Waals surface area contributed by atoms with Crippen molar-refractivity contribution in [1.82, 2.24) is 10.6 Å². The predicted molar refractivity (Wildman–Crippen MR) is 89.2 cm³/mol. The summed E-state index contributed by atoms with van der Waals surface area (Å²) in [6.45, 7) is 8.80. The predicted octanol–water partition coefficient (Wildman–Crippen LogP) is 2.05. The van der Waals surface area contributed by atoms with Crippen LogP contribution in [0.1, 0.15) is 25.0 Å². The van der Waals surface area contributed by atoms with E-state index in [0.29, 0.717) is 13.2 Å². The Balaban J connectivity index is 0.00000400. The lowest BCUT2D eigenvalue weighted by atomic mass is 9.83. The van der Waals surface area contributed by atoms with Crippen LogP contribution in [0.2, 0.25) is 0 Å². The summed E-state index contributed by atoms with van der Waals surface area (Å²) in [6, 6.07) is 8.12. The quantitative estimate of drug-likeness (QED) is 0.722. The van der Waals surface area contributed by atoms with Gasteiger partial charge in [0.05, 0.1) is 12.0 Å². The van der Waals surface area contributed by atoms with E-state index < -0.39 is 5.41 Å². The SMILES string of the molecule is COCCNCCNC(=O)C(C)(C)c1ccc(C)cc1.Cl. The lowest BCUT2D eigenvalue weighted by Crippen LogP contribution is -2.42. The first-order valence-corrected chi connectivity index (χ1v) is 7.03. The van der Waals surface area contributed by atoms with Crippen molar-refractivity contribution in [2.45, 2.75) is 26.2 Å². The summed E-state index contributed by atoms with van der Waals surface area (Å²) in [6.07, 6.45) is 0. The fraction of sp³-hybridized carbons (Fsp3) is 0.562. The number of hydrogen-bond acceptors (Lipinski definition) is 3. The highest BCUT2D eigenvalue weighted by atomic mass is 35.5. The van der Waals surface area contributed by atoms with Crippen molar-refractivity contribution in [2.24, 2.45) is 0 Å². The van der Waals surface area contributed by atoms with Gasteiger partial charge in [-0.3, -0.25) is 4.79 Å².